The minimum atomic E-state index is -2.05. The maximum absolute atomic E-state index is 12.9. The Hall–Kier alpha value is -2.15. The molecule has 0 heterocycles. The molecule has 0 bridgehead atoms. The first-order valence-corrected chi connectivity index (χ1v) is 11.1. The highest BCUT2D eigenvalue weighted by Gasteiger charge is 2.47. The lowest BCUT2D eigenvalue weighted by Gasteiger charge is -2.27. The third-order valence-corrected chi connectivity index (χ3v) is 9.21. The molecule has 0 saturated heterocycles. The Morgan fingerprint density at radius 3 is 1.44 bits per heavy atom. The average Bonchev–Trinajstić information content (AvgIpc) is 3.52. The molecular weight excluding hydrogens is 373 g/mol. The molecular formula is C23H23ClNOP. The molecule has 0 spiro atoms. The molecule has 1 N–H and O–H groups in total. The SMILES string of the molecule is O=C(C[P+](c1ccccc1)(c1ccccc1)c1ccccc1)NC1CC1.[Cl-]. The van der Waals surface area contributed by atoms with E-state index in [2.05, 4.69) is 78.1 Å². The molecule has 2 nitrogen and oxygen atoms in total. The van der Waals surface area contributed by atoms with Crippen molar-refractivity contribution >= 4 is 29.1 Å². The monoisotopic (exact) mass is 395 g/mol. The highest BCUT2D eigenvalue weighted by atomic mass is 35.5. The zero-order valence-corrected chi connectivity index (χ0v) is 16.7. The molecule has 27 heavy (non-hydrogen) atoms. The molecule has 1 aliphatic rings. The van der Waals surface area contributed by atoms with Gasteiger partial charge in [0.15, 0.2) is 6.16 Å². The van der Waals surface area contributed by atoms with Crippen LogP contribution in [0.15, 0.2) is 91.0 Å². The second kappa shape index (κ2) is 8.69. The molecule has 1 amide bonds. The van der Waals surface area contributed by atoms with Gasteiger partial charge in [0, 0.05) is 6.04 Å². The smallest absolute Gasteiger partial charge is 0.259 e. The minimum absolute atomic E-state index is 0. The van der Waals surface area contributed by atoms with Crippen molar-refractivity contribution in [2.45, 2.75) is 18.9 Å². The van der Waals surface area contributed by atoms with Crippen LogP contribution in [-0.4, -0.2) is 18.1 Å². The fourth-order valence-electron chi connectivity index (χ4n) is 3.48. The van der Waals surface area contributed by atoms with E-state index in [1.54, 1.807) is 0 Å². The van der Waals surface area contributed by atoms with E-state index in [9.17, 15) is 4.79 Å². The summed E-state index contributed by atoms with van der Waals surface area (Å²) in [6, 6.07) is 32.0. The van der Waals surface area contributed by atoms with Gasteiger partial charge >= 0.3 is 0 Å². The summed E-state index contributed by atoms with van der Waals surface area (Å²) in [6.07, 6.45) is 2.74. The fourth-order valence-corrected chi connectivity index (χ4v) is 7.49. The van der Waals surface area contributed by atoms with Crippen molar-refractivity contribution in [1.29, 1.82) is 0 Å². The fraction of sp³-hybridized carbons (Fsp3) is 0.174. The van der Waals surface area contributed by atoms with Crippen molar-refractivity contribution in [3.8, 4) is 0 Å². The minimum Gasteiger partial charge on any atom is -1.00 e. The third-order valence-electron chi connectivity index (χ3n) is 4.91. The zero-order chi connectivity index (χ0) is 17.8. The molecule has 1 saturated carbocycles. The van der Waals surface area contributed by atoms with Gasteiger partial charge in [-0.25, -0.2) is 0 Å². The van der Waals surface area contributed by atoms with E-state index >= 15 is 0 Å². The van der Waals surface area contributed by atoms with Crippen molar-refractivity contribution in [2.24, 2.45) is 0 Å². The lowest BCUT2D eigenvalue weighted by atomic mass is 10.4. The quantitative estimate of drug-likeness (QED) is 0.596. The van der Waals surface area contributed by atoms with Crippen LogP contribution in [0.2, 0.25) is 0 Å². The van der Waals surface area contributed by atoms with Crippen LogP contribution in [0.1, 0.15) is 12.8 Å². The van der Waals surface area contributed by atoms with Gasteiger partial charge in [-0.15, -0.1) is 0 Å². The van der Waals surface area contributed by atoms with Gasteiger partial charge in [0.2, 0.25) is 0 Å². The number of carbonyl (C=O) groups is 1. The Balaban J connectivity index is 0.00000210. The zero-order valence-electron chi connectivity index (χ0n) is 15.1. The van der Waals surface area contributed by atoms with Gasteiger partial charge in [-0.2, -0.15) is 0 Å². The number of amides is 1. The number of rotatable bonds is 6. The summed E-state index contributed by atoms with van der Waals surface area (Å²) < 4.78 is 0. The Labute approximate surface area is 167 Å². The third kappa shape index (κ3) is 4.24. The lowest BCUT2D eigenvalue weighted by molar-refractivity contribution is -0.118. The van der Waals surface area contributed by atoms with Crippen molar-refractivity contribution in [3.05, 3.63) is 91.0 Å². The van der Waals surface area contributed by atoms with Crippen LogP contribution < -0.4 is 33.6 Å². The summed E-state index contributed by atoms with van der Waals surface area (Å²) in [5, 5.41) is 6.97. The van der Waals surface area contributed by atoms with E-state index in [-0.39, 0.29) is 18.3 Å². The van der Waals surface area contributed by atoms with Crippen LogP contribution >= 0.6 is 7.26 Å². The van der Waals surface area contributed by atoms with Crippen molar-refractivity contribution in [3.63, 3.8) is 0 Å². The lowest BCUT2D eigenvalue weighted by Crippen LogP contribution is -3.00. The highest BCUT2D eigenvalue weighted by molar-refractivity contribution is 7.96. The van der Waals surface area contributed by atoms with Gasteiger partial charge in [-0.3, -0.25) is 4.79 Å². The molecule has 3 aromatic carbocycles. The van der Waals surface area contributed by atoms with Crippen LogP contribution in [0, 0.1) is 0 Å². The first kappa shape index (κ1) is 19.6. The molecule has 1 fully saturated rings. The second-order valence-electron chi connectivity index (χ2n) is 6.82. The maximum Gasteiger partial charge on any atom is 0.259 e. The maximum atomic E-state index is 12.9. The summed E-state index contributed by atoms with van der Waals surface area (Å²) in [7, 11) is -2.05. The van der Waals surface area contributed by atoms with E-state index in [0.717, 1.165) is 12.8 Å². The topological polar surface area (TPSA) is 29.1 Å². The van der Waals surface area contributed by atoms with Crippen LogP contribution in [0.5, 0.6) is 0 Å². The van der Waals surface area contributed by atoms with E-state index < -0.39 is 7.26 Å². The van der Waals surface area contributed by atoms with Crippen LogP contribution in [0.4, 0.5) is 0 Å². The molecule has 0 aromatic heterocycles. The number of hydrogen-bond acceptors (Lipinski definition) is 1. The average molecular weight is 396 g/mol. The van der Waals surface area contributed by atoms with E-state index in [1.165, 1.54) is 15.9 Å². The van der Waals surface area contributed by atoms with E-state index in [0.29, 0.717) is 12.2 Å². The standard InChI is InChI=1S/C23H22NOP.ClH/c25-23(24-19-16-17-19)18-26(20-10-4-1-5-11-20,21-12-6-2-7-13-21)22-14-8-3-9-15-22;/h1-15,19H,16-18H2;1H. The van der Waals surface area contributed by atoms with Gasteiger partial charge in [0.25, 0.3) is 5.91 Å². The van der Waals surface area contributed by atoms with Crippen LogP contribution in [0.25, 0.3) is 0 Å². The van der Waals surface area contributed by atoms with Gasteiger partial charge < -0.3 is 17.7 Å². The van der Waals surface area contributed by atoms with Gasteiger partial charge in [-0.05, 0) is 49.2 Å². The molecule has 1 aliphatic carbocycles. The molecule has 0 radical (unpaired) electrons. The first-order valence-electron chi connectivity index (χ1n) is 9.13. The molecule has 0 unspecified atom stereocenters. The van der Waals surface area contributed by atoms with Crippen LogP contribution in [-0.2, 0) is 4.79 Å². The normalized spacial score (nSPS) is 13.5. The molecule has 4 rings (SSSR count). The summed E-state index contributed by atoms with van der Waals surface area (Å²) in [5.74, 6) is 0.164. The summed E-state index contributed by atoms with van der Waals surface area (Å²) in [4.78, 5) is 12.9. The van der Waals surface area contributed by atoms with Gasteiger partial charge in [-0.1, -0.05) is 54.6 Å². The molecule has 0 aliphatic heterocycles. The van der Waals surface area contributed by atoms with E-state index in [1.807, 2.05) is 18.2 Å². The molecule has 4 heteroatoms. The predicted molar refractivity (Wildman–Crippen MR) is 111 cm³/mol. The molecule has 0 atom stereocenters. The van der Waals surface area contributed by atoms with E-state index in [4.69, 9.17) is 0 Å². The summed E-state index contributed by atoms with van der Waals surface area (Å²) >= 11 is 0. The number of benzene rings is 3. The largest absolute Gasteiger partial charge is 1.00 e. The predicted octanol–water partition coefficient (Wildman–Crippen LogP) is 0.263. The Bertz CT molecular complexity index is 770. The van der Waals surface area contributed by atoms with Gasteiger partial charge in [0.05, 0.1) is 0 Å². The van der Waals surface area contributed by atoms with Crippen LogP contribution in [0.3, 0.4) is 0 Å². The Morgan fingerprint density at radius 1 is 0.741 bits per heavy atom. The first-order chi connectivity index (χ1) is 12.8. The van der Waals surface area contributed by atoms with Crippen molar-refractivity contribution < 1.29 is 17.2 Å². The molecule has 3 aromatic rings. The number of carbonyl (C=O) groups excluding carboxylic acids is 1. The Kier molecular flexibility index (Phi) is 6.31. The summed E-state index contributed by atoms with van der Waals surface area (Å²) in [6.45, 7) is 0. The highest BCUT2D eigenvalue weighted by Crippen LogP contribution is 2.55. The van der Waals surface area contributed by atoms with Crippen molar-refractivity contribution in [2.75, 3.05) is 6.16 Å². The van der Waals surface area contributed by atoms with Crippen molar-refractivity contribution in [1.82, 2.24) is 5.32 Å². The van der Waals surface area contributed by atoms with Gasteiger partial charge in [0.1, 0.15) is 23.2 Å². The number of hydrogen-bond donors (Lipinski definition) is 1. The second-order valence-corrected chi connectivity index (χ2v) is 10.3. The molecule has 138 valence electrons. The Morgan fingerprint density at radius 2 is 1.11 bits per heavy atom. The summed E-state index contributed by atoms with van der Waals surface area (Å²) in [5.41, 5.74) is 0. The number of halogens is 1. The number of nitrogens with one attached hydrogen (secondary N) is 1.